The molecular formula is C35H38N6O4. The number of hydrogen-bond acceptors (Lipinski definition) is 6. The summed E-state index contributed by atoms with van der Waals surface area (Å²) >= 11 is 0. The Bertz CT molecular complexity index is 1720. The molecule has 2 aromatic carbocycles. The van der Waals surface area contributed by atoms with Crippen LogP contribution in [0.4, 0.5) is 11.5 Å². The summed E-state index contributed by atoms with van der Waals surface area (Å²) in [6.45, 7) is 2.39. The van der Waals surface area contributed by atoms with E-state index in [1.54, 1.807) is 11.1 Å². The summed E-state index contributed by atoms with van der Waals surface area (Å²) in [5.41, 5.74) is 4.47. The van der Waals surface area contributed by atoms with Crippen molar-refractivity contribution in [2.24, 2.45) is 11.3 Å². The van der Waals surface area contributed by atoms with Gasteiger partial charge in [-0.1, -0.05) is 36.4 Å². The molecule has 10 heteroatoms. The van der Waals surface area contributed by atoms with Gasteiger partial charge in [-0.05, 0) is 85.5 Å². The highest BCUT2D eigenvalue weighted by molar-refractivity contribution is 6.06. The van der Waals surface area contributed by atoms with Crippen molar-refractivity contribution in [3.05, 3.63) is 88.6 Å². The Hall–Kier alpha value is -4.57. The fraction of sp³-hybridized carbons (Fsp3) is 0.400. The number of carbonyl (C=O) groups excluding carboxylic acids is 4. The van der Waals surface area contributed by atoms with Gasteiger partial charge in [0.05, 0.1) is 10.8 Å². The van der Waals surface area contributed by atoms with Gasteiger partial charge < -0.3 is 26.2 Å². The van der Waals surface area contributed by atoms with E-state index >= 15 is 0 Å². The van der Waals surface area contributed by atoms with Crippen LogP contribution >= 0.6 is 0 Å². The van der Waals surface area contributed by atoms with E-state index in [1.165, 1.54) is 6.92 Å². The Morgan fingerprint density at radius 2 is 1.78 bits per heavy atom. The van der Waals surface area contributed by atoms with Gasteiger partial charge in [-0.2, -0.15) is 0 Å². The molecule has 0 saturated heterocycles. The van der Waals surface area contributed by atoms with Gasteiger partial charge in [0.15, 0.2) is 0 Å². The monoisotopic (exact) mass is 606 g/mol. The zero-order chi connectivity index (χ0) is 31.3. The Balaban J connectivity index is 1.09. The summed E-state index contributed by atoms with van der Waals surface area (Å²) in [5.74, 6) is 0.478. The molecule has 5 aliphatic rings. The van der Waals surface area contributed by atoms with Crippen molar-refractivity contribution in [2.75, 3.05) is 24.2 Å². The van der Waals surface area contributed by atoms with E-state index in [0.29, 0.717) is 49.8 Å². The van der Waals surface area contributed by atoms with Gasteiger partial charge in [0.1, 0.15) is 12.4 Å². The van der Waals surface area contributed by atoms with Crippen molar-refractivity contribution in [2.45, 2.75) is 63.6 Å². The third kappa shape index (κ3) is 5.07. The molecule has 2 atom stereocenters. The number of benzene rings is 2. The third-order valence-corrected chi connectivity index (χ3v) is 10.3. The highest BCUT2D eigenvalue weighted by Crippen LogP contribution is 2.59. The van der Waals surface area contributed by atoms with E-state index in [-0.39, 0.29) is 36.2 Å². The van der Waals surface area contributed by atoms with Crippen LogP contribution in [0.3, 0.4) is 0 Å². The molecule has 45 heavy (non-hydrogen) atoms. The predicted octanol–water partition coefficient (Wildman–Crippen LogP) is 3.06. The van der Waals surface area contributed by atoms with E-state index in [1.807, 2.05) is 61.6 Å². The van der Waals surface area contributed by atoms with Crippen molar-refractivity contribution in [3.8, 4) is 0 Å². The van der Waals surface area contributed by atoms with Crippen molar-refractivity contribution < 1.29 is 19.2 Å². The molecule has 4 aliphatic carbocycles. The number of fused-ring (bicyclic) bond motifs is 4. The fourth-order valence-electron chi connectivity index (χ4n) is 8.21. The summed E-state index contributed by atoms with van der Waals surface area (Å²) < 4.78 is 0. The van der Waals surface area contributed by atoms with Crippen LogP contribution in [0.2, 0.25) is 0 Å². The second-order valence-corrected chi connectivity index (χ2v) is 13.2. The molecule has 3 saturated carbocycles. The lowest BCUT2D eigenvalue weighted by molar-refractivity contribution is -0.148. The summed E-state index contributed by atoms with van der Waals surface area (Å²) in [6.07, 6.45) is 4.85. The lowest BCUT2D eigenvalue weighted by Crippen LogP contribution is -2.49. The average Bonchev–Trinajstić information content (AvgIpc) is 3.72. The second kappa shape index (κ2) is 11.1. The first-order chi connectivity index (χ1) is 21.7. The van der Waals surface area contributed by atoms with Crippen LogP contribution in [-0.4, -0.2) is 53.1 Å². The topological polar surface area (TPSA) is 133 Å². The normalized spacial score (nSPS) is 25.2. The number of amides is 4. The molecule has 3 fully saturated rings. The second-order valence-electron chi connectivity index (χ2n) is 13.2. The van der Waals surface area contributed by atoms with Gasteiger partial charge in [0.25, 0.3) is 0 Å². The van der Waals surface area contributed by atoms with Crippen molar-refractivity contribution in [3.63, 3.8) is 0 Å². The highest BCUT2D eigenvalue weighted by Gasteiger charge is 2.61. The van der Waals surface area contributed by atoms with Crippen LogP contribution < -0.4 is 21.3 Å². The molecule has 1 unspecified atom stereocenters. The largest absolute Gasteiger partial charge is 0.353 e. The smallest absolute Gasteiger partial charge is 0.244 e. The quantitative estimate of drug-likeness (QED) is 0.296. The Morgan fingerprint density at radius 1 is 1.00 bits per heavy atom. The summed E-state index contributed by atoms with van der Waals surface area (Å²) in [6, 6.07) is 17.6. The SMILES string of the molecule is CNCc1ccccc1CN(CC(=O)Nc1ccc2c(c1)C[C@@]1(C2)C(=O)Nc2ncccc21)C(=O)C12CC(C1)C(NC(C)=O)C2. The summed E-state index contributed by atoms with van der Waals surface area (Å²) in [5, 5.41) is 12.2. The fourth-order valence-corrected chi connectivity index (χ4v) is 8.21. The van der Waals surface area contributed by atoms with Crippen molar-refractivity contribution in [1.29, 1.82) is 0 Å². The zero-order valence-electron chi connectivity index (χ0n) is 25.6. The van der Waals surface area contributed by atoms with Gasteiger partial charge in [0.2, 0.25) is 23.6 Å². The molecule has 8 rings (SSSR count). The molecule has 3 aromatic rings. The number of carbonyl (C=O) groups is 4. The minimum Gasteiger partial charge on any atom is -0.353 e. The number of nitrogens with zero attached hydrogens (tertiary/aromatic N) is 2. The van der Waals surface area contributed by atoms with Crippen LogP contribution in [0.25, 0.3) is 0 Å². The molecule has 0 radical (unpaired) electrons. The van der Waals surface area contributed by atoms with Gasteiger partial charge in [-0.25, -0.2) is 4.98 Å². The van der Waals surface area contributed by atoms with Crippen LogP contribution in [-0.2, 0) is 50.5 Å². The molecule has 2 heterocycles. The van der Waals surface area contributed by atoms with Gasteiger partial charge in [-0.15, -0.1) is 0 Å². The molecule has 4 N–H and O–H groups in total. The number of rotatable bonds is 9. The Labute approximate surface area is 262 Å². The van der Waals surface area contributed by atoms with Crippen molar-refractivity contribution >= 4 is 35.1 Å². The van der Waals surface area contributed by atoms with E-state index in [4.69, 9.17) is 0 Å². The number of hydrogen-bond donors (Lipinski definition) is 4. The molecular weight excluding hydrogens is 568 g/mol. The number of nitrogens with one attached hydrogen (secondary N) is 4. The lowest BCUT2D eigenvalue weighted by Gasteiger charge is -2.40. The number of pyridine rings is 1. The van der Waals surface area contributed by atoms with E-state index in [0.717, 1.165) is 40.7 Å². The van der Waals surface area contributed by atoms with Gasteiger partial charge in [-0.3, -0.25) is 19.2 Å². The molecule has 232 valence electrons. The maximum absolute atomic E-state index is 14.2. The standard InChI is InChI=1S/C35H38N6O4/c1-21(42)38-29-17-34(13-26(29)14-34)33(45)41(19-24-7-4-3-6-23(24)18-36-2)20-30(43)39-27-10-9-22-15-35(16-25(22)12-27)28-8-5-11-37-31(28)40-32(35)44/h3-12,26,29,36H,13-20H2,1-2H3,(H,38,42)(H,39,43)(H,37,40,44)/t26?,29?,34?,35-/m1/s1. The minimum atomic E-state index is -0.686. The Morgan fingerprint density at radius 3 is 2.56 bits per heavy atom. The van der Waals surface area contributed by atoms with Gasteiger partial charge >= 0.3 is 0 Å². The molecule has 4 amide bonds. The minimum absolute atomic E-state index is 0.00175. The summed E-state index contributed by atoms with van der Waals surface area (Å²) in [4.78, 5) is 58.7. The first-order valence-corrected chi connectivity index (χ1v) is 15.7. The van der Waals surface area contributed by atoms with Crippen LogP contribution in [0.1, 0.15) is 54.0 Å². The van der Waals surface area contributed by atoms with E-state index in [9.17, 15) is 19.2 Å². The van der Waals surface area contributed by atoms with Crippen LogP contribution in [0, 0.1) is 11.3 Å². The Kier molecular flexibility index (Phi) is 7.19. The zero-order valence-corrected chi connectivity index (χ0v) is 25.6. The molecule has 2 bridgehead atoms. The van der Waals surface area contributed by atoms with Crippen molar-refractivity contribution in [1.82, 2.24) is 20.5 Å². The maximum Gasteiger partial charge on any atom is 0.244 e. The average molecular weight is 607 g/mol. The summed E-state index contributed by atoms with van der Waals surface area (Å²) in [7, 11) is 1.88. The van der Waals surface area contributed by atoms with Gasteiger partial charge in [0, 0.05) is 43.5 Å². The van der Waals surface area contributed by atoms with Crippen LogP contribution in [0.15, 0.2) is 60.8 Å². The molecule has 1 aliphatic heterocycles. The molecule has 1 spiro atoms. The van der Waals surface area contributed by atoms with Crippen LogP contribution in [0.5, 0.6) is 0 Å². The number of anilines is 2. The molecule has 1 aromatic heterocycles. The number of aromatic nitrogens is 1. The molecule has 10 nitrogen and oxygen atoms in total. The van der Waals surface area contributed by atoms with E-state index < -0.39 is 10.8 Å². The maximum atomic E-state index is 14.2. The third-order valence-electron chi connectivity index (χ3n) is 10.3. The highest BCUT2D eigenvalue weighted by atomic mass is 16.2. The lowest BCUT2D eigenvalue weighted by atomic mass is 9.68. The first kappa shape index (κ1) is 29.2. The predicted molar refractivity (Wildman–Crippen MR) is 169 cm³/mol. The van der Waals surface area contributed by atoms with E-state index in [2.05, 4.69) is 26.3 Å². The first-order valence-electron chi connectivity index (χ1n) is 15.7.